The molecule has 4 aliphatic rings. The zero-order chi connectivity index (χ0) is 17.6. The Kier molecular flexibility index (Phi) is 3.20. The van der Waals surface area contributed by atoms with Gasteiger partial charge < -0.3 is 15.4 Å². The minimum absolute atomic E-state index is 0.00665. The minimum atomic E-state index is -0.580. The van der Waals surface area contributed by atoms with E-state index in [9.17, 15) is 4.79 Å². The predicted molar refractivity (Wildman–Crippen MR) is 94.7 cm³/mol. The van der Waals surface area contributed by atoms with Gasteiger partial charge in [0.1, 0.15) is 0 Å². The van der Waals surface area contributed by atoms with Crippen LogP contribution in [0.1, 0.15) is 73.6 Å². The van der Waals surface area contributed by atoms with Gasteiger partial charge in [-0.25, -0.2) is 0 Å². The van der Waals surface area contributed by atoms with Gasteiger partial charge in [-0.15, -0.1) is 0 Å². The molecule has 2 heterocycles. The monoisotopic (exact) mass is 334 g/mol. The summed E-state index contributed by atoms with van der Waals surface area (Å²) in [6, 6.07) is 0.219. The lowest BCUT2D eigenvalue weighted by molar-refractivity contribution is -0.157. The van der Waals surface area contributed by atoms with E-state index in [1.807, 2.05) is 0 Å². The van der Waals surface area contributed by atoms with Gasteiger partial charge in [-0.1, -0.05) is 13.8 Å². The summed E-state index contributed by atoms with van der Waals surface area (Å²) in [5.41, 5.74) is -0.296. The van der Waals surface area contributed by atoms with Crippen LogP contribution in [-0.4, -0.2) is 35.2 Å². The number of hydrogen-bond acceptors (Lipinski definition) is 3. The van der Waals surface area contributed by atoms with Gasteiger partial charge in [0.05, 0.1) is 6.61 Å². The molecule has 0 aromatic rings. The second kappa shape index (κ2) is 4.56. The van der Waals surface area contributed by atoms with E-state index in [0.717, 1.165) is 32.3 Å². The summed E-state index contributed by atoms with van der Waals surface area (Å²) in [6.07, 6.45) is 5.25. The average Bonchev–Trinajstić information content (AvgIpc) is 2.87. The predicted octanol–water partition coefficient (Wildman–Crippen LogP) is 3.01. The highest BCUT2D eigenvalue weighted by Crippen LogP contribution is 2.75. The van der Waals surface area contributed by atoms with Crippen molar-refractivity contribution < 1.29 is 9.53 Å². The van der Waals surface area contributed by atoms with E-state index in [2.05, 4.69) is 52.2 Å². The standard InChI is InChI=1S/C20H34N2O2/c1-16(2)10-14(11-17(3,4)22-16)21-15(23)20-9-13-7-8-19(20,6)18(13,5)12-24-20/h13-14,22H,7-12H2,1-6H3,(H,21,23)/t13-,18+,19+,20-/m0/s1. The molecule has 4 fully saturated rings. The third-order valence-electron chi connectivity index (χ3n) is 8.09. The molecular weight excluding hydrogens is 300 g/mol. The van der Waals surface area contributed by atoms with Gasteiger partial charge >= 0.3 is 0 Å². The van der Waals surface area contributed by atoms with E-state index >= 15 is 0 Å². The van der Waals surface area contributed by atoms with Crippen LogP contribution >= 0.6 is 0 Å². The molecule has 4 rings (SSSR count). The highest BCUT2D eigenvalue weighted by atomic mass is 16.5. The van der Waals surface area contributed by atoms with Gasteiger partial charge in [0.2, 0.25) is 0 Å². The number of amides is 1. The molecule has 0 unspecified atom stereocenters. The normalized spacial score (nSPS) is 48.7. The Hall–Kier alpha value is -0.610. The first-order chi connectivity index (χ1) is 10.9. The zero-order valence-corrected chi connectivity index (χ0v) is 16.2. The van der Waals surface area contributed by atoms with Crippen LogP contribution in [-0.2, 0) is 9.53 Å². The number of ether oxygens (including phenoxy) is 1. The number of rotatable bonds is 2. The quantitative estimate of drug-likeness (QED) is 0.816. The number of nitrogens with one attached hydrogen (secondary N) is 2. The highest BCUT2D eigenvalue weighted by molar-refractivity contribution is 5.88. The molecule has 0 radical (unpaired) electrons. The van der Waals surface area contributed by atoms with Gasteiger partial charge in [-0.2, -0.15) is 0 Å². The lowest BCUT2D eigenvalue weighted by Gasteiger charge is -2.48. The number of hydrogen-bond donors (Lipinski definition) is 2. The Bertz CT molecular complexity index is 570. The molecule has 2 aliphatic carbocycles. The summed E-state index contributed by atoms with van der Waals surface area (Å²) >= 11 is 0. The number of carbonyl (C=O) groups excluding carboxylic acids is 1. The molecule has 4 heteroatoms. The van der Waals surface area contributed by atoms with Crippen molar-refractivity contribution in [1.82, 2.24) is 10.6 Å². The fraction of sp³-hybridized carbons (Fsp3) is 0.950. The molecule has 0 aromatic heterocycles. The molecule has 4 nitrogen and oxygen atoms in total. The minimum Gasteiger partial charge on any atom is -0.364 e. The Balaban J connectivity index is 1.56. The average molecular weight is 335 g/mol. The van der Waals surface area contributed by atoms with E-state index < -0.39 is 5.60 Å². The molecular formula is C20H34N2O2. The number of carbonyl (C=O) groups is 1. The Morgan fingerprint density at radius 1 is 1.04 bits per heavy atom. The molecule has 2 saturated heterocycles. The van der Waals surface area contributed by atoms with E-state index in [4.69, 9.17) is 4.74 Å². The molecule has 0 aromatic carbocycles. The third-order valence-corrected chi connectivity index (χ3v) is 8.09. The van der Waals surface area contributed by atoms with Gasteiger partial charge in [0.15, 0.2) is 5.60 Å². The lowest BCUT2D eigenvalue weighted by atomic mass is 9.66. The van der Waals surface area contributed by atoms with Crippen molar-refractivity contribution in [3.05, 3.63) is 0 Å². The molecule has 1 amide bonds. The Morgan fingerprint density at radius 3 is 2.21 bits per heavy atom. The van der Waals surface area contributed by atoms with Crippen LogP contribution < -0.4 is 10.6 Å². The second-order valence-electron chi connectivity index (χ2n) is 10.8. The summed E-state index contributed by atoms with van der Waals surface area (Å²) in [5.74, 6) is 0.817. The molecule has 0 spiro atoms. The maximum atomic E-state index is 13.4. The summed E-state index contributed by atoms with van der Waals surface area (Å²) in [4.78, 5) is 13.4. The maximum absolute atomic E-state index is 13.4. The first-order valence-electron chi connectivity index (χ1n) is 9.68. The first kappa shape index (κ1) is 16.8. The van der Waals surface area contributed by atoms with Crippen molar-refractivity contribution in [2.75, 3.05) is 6.61 Å². The van der Waals surface area contributed by atoms with Crippen LogP contribution in [0.15, 0.2) is 0 Å². The van der Waals surface area contributed by atoms with Crippen molar-refractivity contribution in [3.8, 4) is 0 Å². The maximum Gasteiger partial charge on any atom is 0.253 e. The van der Waals surface area contributed by atoms with Crippen LogP contribution in [0.25, 0.3) is 0 Å². The van der Waals surface area contributed by atoms with Gasteiger partial charge in [-0.05, 0) is 65.7 Å². The van der Waals surface area contributed by atoms with E-state index in [0.29, 0.717) is 5.92 Å². The van der Waals surface area contributed by atoms with Crippen LogP contribution in [0.4, 0.5) is 0 Å². The van der Waals surface area contributed by atoms with Gasteiger partial charge in [-0.3, -0.25) is 4.79 Å². The van der Waals surface area contributed by atoms with Crippen LogP contribution in [0, 0.1) is 16.7 Å². The topological polar surface area (TPSA) is 50.4 Å². The summed E-state index contributed by atoms with van der Waals surface area (Å²) < 4.78 is 6.26. The molecule has 136 valence electrons. The summed E-state index contributed by atoms with van der Waals surface area (Å²) in [6.45, 7) is 14.3. The van der Waals surface area contributed by atoms with Crippen LogP contribution in [0.3, 0.4) is 0 Å². The van der Waals surface area contributed by atoms with Gasteiger partial charge in [0.25, 0.3) is 5.91 Å². The molecule has 2 N–H and O–H groups in total. The number of piperidine rings is 1. The SMILES string of the molecule is CC1(C)CC(NC(=O)[C@@]23C[C@@H]4CC[C@]2(C)[C@]4(C)CO3)CC(C)(C)N1. The summed E-state index contributed by atoms with van der Waals surface area (Å²) in [7, 11) is 0. The second-order valence-corrected chi connectivity index (χ2v) is 10.8. The smallest absolute Gasteiger partial charge is 0.253 e. The van der Waals surface area contributed by atoms with Crippen molar-refractivity contribution in [1.29, 1.82) is 0 Å². The van der Waals surface area contributed by atoms with Crippen molar-refractivity contribution in [3.63, 3.8) is 0 Å². The zero-order valence-electron chi connectivity index (χ0n) is 16.2. The van der Waals surface area contributed by atoms with E-state index in [1.165, 1.54) is 6.42 Å². The van der Waals surface area contributed by atoms with E-state index in [1.54, 1.807) is 0 Å². The lowest BCUT2D eigenvalue weighted by Crippen LogP contribution is -2.64. The van der Waals surface area contributed by atoms with E-state index in [-0.39, 0.29) is 33.9 Å². The fourth-order valence-corrected chi connectivity index (χ4v) is 6.98. The van der Waals surface area contributed by atoms with Crippen LogP contribution in [0.2, 0.25) is 0 Å². The fourth-order valence-electron chi connectivity index (χ4n) is 6.98. The first-order valence-corrected chi connectivity index (χ1v) is 9.68. The summed E-state index contributed by atoms with van der Waals surface area (Å²) in [5, 5.41) is 7.11. The van der Waals surface area contributed by atoms with Crippen LogP contribution in [0.5, 0.6) is 0 Å². The van der Waals surface area contributed by atoms with Crippen molar-refractivity contribution in [2.24, 2.45) is 16.7 Å². The van der Waals surface area contributed by atoms with Gasteiger partial charge in [0, 0.05) is 27.9 Å². The van der Waals surface area contributed by atoms with Crippen molar-refractivity contribution in [2.45, 2.75) is 96.4 Å². The Labute approximate surface area is 146 Å². The molecule has 2 saturated carbocycles. The Morgan fingerprint density at radius 2 is 1.67 bits per heavy atom. The molecule has 4 atom stereocenters. The molecule has 4 bridgehead atoms. The third kappa shape index (κ3) is 1.96. The highest BCUT2D eigenvalue weighted by Gasteiger charge is 2.78. The van der Waals surface area contributed by atoms with Crippen molar-refractivity contribution >= 4 is 5.91 Å². The largest absolute Gasteiger partial charge is 0.364 e. The molecule has 2 aliphatic heterocycles. The molecule has 24 heavy (non-hydrogen) atoms.